The summed E-state index contributed by atoms with van der Waals surface area (Å²) in [7, 11) is 3.25. The molecule has 1 aromatic heterocycles. The van der Waals surface area contributed by atoms with Crippen molar-refractivity contribution in [2.24, 2.45) is 7.05 Å². The van der Waals surface area contributed by atoms with Crippen molar-refractivity contribution in [1.82, 2.24) is 9.78 Å². The van der Waals surface area contributed by atoms with Crippen LogP contribution in [0.5, 0.6) is 5.75 Å². The lowest BCUT2D eigenvalue weighted by Gasteiger charge is -2.06. The lowest BCUT2D eigenvalue weighted by molar-refractivity contribution is 0.103. The summed E-state index contributed by atoms with van der Waals surface area (Å²) in [6, 6.07) is 5.11. The van der Waals surface area contributed by atoms with E-state index in [1.807, 2.05) is 0 Å². The molecule has 0 aliphatic carbocycles. The summed E-state index contributed by atoms with van der Waals surface area (Å²) >= 11 is 9.29. The molecular formula is C12H10BrClN2O2. The highest BCUT2D eigenvalue weighted by Crippen LogP contribution is 2.27. The second-order valence-electron chi connectivity index (χ2n) is 3.64. The van der Waals surface area contributed by atoms with Gasteiger partial charge in [0, 0.05) is 12.6 Å². The van der Waals surface area contributed by atoms with Crippen molar-refractivity contribution in [2.45, 2.75) is 0 Å². The Labute approximate surface area is 118 Å². The fraction of sp³-hybridized carbons (Fsp3) is 0.167. The number of benzene rings is 1. The Bertz CT molecular complexity index is 591. The molecule has 94 valence electrons. The highest BCUT2D eigenvalue weighted by atomic mass is 79.9. The zero-order valence-corrected chi connectivity index (χ0v) is 12.1. The fourth-order valence-electron chi connectivity index (χ4n) is 1.61. The number of carbonyl (C=O) groups is 1. The van der Waals surface area contributed by atoms with Gasteiger partial charge in [0.2, 0.25) is 5.78 Å². The molecule has 0 amide bonds. The SMILES string of the molecule is COc1ccc(C(=O)c2c(Cl)cnn2C)cc1Br. The molecule has 0 aliphatic rings. The van der Waals surface area contributed by atoms with Gasteiger partial charge in [0.1, 0.15) is 11.4 Å². The first-order chi connectivity index (χ1) is 8.54. The van der Waals surface area contributed by atoms with Crippen LogP contribution in [0.3, 0.4) is 0 Å². The number of ketones is 1. The van der Waals surface area contributed by atoms with Gasteiger partial charge < -0.3 is 4.74 Å². The van der Waals surface area contributed by atoms with Crippen molar-refractivity contribution in [2.75, 3.05) is 7.11 Å². The van der Waals surface area contributed by atoms with Crippen molar-refractivity contribution in [3.8, 4) is 5.75 Å². The van der Waals surface area contributed by atoms with E-state index in [1.54, 1.807) is 32.4 Å². The van der Waals surface area contributed by atoms with Crippen molar-refractivity contribution in [3.05, 3.63) is 45.1 Å². The summed E-state index contributed by atoms with van der Waals surface area (Å²) in [4.78, 5) is 12.3. The molecule has 0 bridgehead atoms. The molecule has 0 fully saturated rings. The van der Waals surface area contributed by atoms with Gasteiger partial charge in [0.15, 0.2) is 0 Å². The van der Waals surface area contributed by atoms with Gasteiger partial charge in [-0.2, -0.15) is 5.10 Å². The van der Waals surface area contributed by atoms with E-state index in [1.165, 1.54) is 10.9 Å². The van der Waals surface area contributed by atoms with Crippen molar-refractivity contribution >= 4 is 33.3 Å². The van der Waals surface area contributed by atoms with Gasteiger partial charge in [0.25, 0.3) is 0 Å². The number of methoxy groups -OCH3 is 1. The summed E-state index contributed by atoms with van der Waals surface area (Å²) in [5.41, 5.74) is 0.891. The van der Waals surface area contributed by atoms with Gasteiger partial charge in [-0.3, -0.25) is 9.48 Å². The first kappa shape index (κ1) is 13.1. The Balaban J connectivity index is 2.44. The number of carbonyl (C=O) groups excluding carboxylic acids is 1. The van der Waals surface area contributed by atoms with Crippen LogP contribution in [0.2, 0.25) is 5.02 Å². The second kappa shape index (κ2) is 5.12. The smallest absolute Gasteiger partial charge is 0.212 e. The Hall–Kier alpha value is -1.33. The number of hydrogen-bond acceptors (Lipinski definition) is 3. The topological polar surface area (TPSA) is 44.1 Å². The van der Waals surface area contributed by atoms with E-state index in [-0.39, 0.29) is 5.78 Å². The van der Waals surface area contributed by atoms with Crippen LogP contribution >= 0.6 is 27.5 Å². The van der Waals surface area contributed by atoms with Crippen LogP contribution in [-0.4, -0.2) is 22.7 Å². The number of hydrogen-bond donors (Lipinski definition) is 0. The Morgan fingerprint density at radius 1 is 1.50 bits per heavy atom. The second-order valence-corrected chi connectivity index (χ2v) is 4.90. The number of aryl methyl sites for hydroxylation is 1. The summed E-state index contributed by atoms with van der Waals surface area (Å²) in [6.07, 6.45) is 1.45. The monoisotopic (exact) mass is 328 g/mol. The summed E-state index contributed by atoms with van der Waals surface area (Å²) < 4.78 is 7.29. The van der Waals surface area contributed by atoms with Crippen LogP contribution in [0.1, 0.15) is 16.1 Å². The number of aromatic nitrogens is 2. The maximum Gasteiger partial charge on any atom is 0.212 e. The molecule has 0 saturated carbocycles. The number of nitrogens with zero attached hydrogens (tertiary/aromatic N) is 2. The quantitative estimate of drug-likeness (QED) is 0.813. The molecule has 0 unspecified atom stereocenters. The first-order valence-electron chi connectivity index (χ1n) is 5.10. The minimum absolute atomic E-state index is 0.177. The van der Waals surface area contributed by atoms with Crippen LogP contribution in [0.4, 0.5) is 0 Å². The molecule has 0 N–H and O–H groups in total. The van der Waals surface area contributed by atoms with E-state index in [2.05, 4.69) is 21.0 Å². The third-order valence-electron chi connectivity index (χ3n) is 2.52. The number of halogens is 2. The Kier molecular flexibility index (Phi) is 3.73. The highest BCUT2D eigenvalue weighted by Gasteiger charge is 2.18. The van der Waals surface area contributed by atoms with Crippen LogP contribution in [0.25, 0.3) is 0 Å². The summed E-state index contributed by atoms with van der Waals surface area (Å²) in [5.74, 6) is 0.492. The molecular weight excluding hydrogens is 320 g/mol. The fourth-order valence-corrected chi connectivity index (χ4v) is 2.40. The zero-order chi connectivity index (χ0) is 13.3. The third kappa shape index (κ3) is 2.28. The van der Waals surface area contributed by atoms with Crippen molar-refractivity contribution < 1.29 is 9.53 Å². The van der Waals surface area contributed by atoms with E-state index in [9.17, 15) is 4.79 Å². The van der Waals surface area contributed by atoms with E-state index in [0.717, 1.165) is 0 Å². The van der Waals surface area contributed by atoms with E-state index in [0.29, 0.717) is 26.5 Å². The molecule has 0 aliphatic heterocycles. The van der Waals surface area contributed by atoms with Gasteiger partial charge in [-0.05, 0) is 34.1 Å². The maximum atomic E-state index is 12.3. The van der Waals surface area contributed by atoms with Crippen LogP contribution in [-0.2, 0) is 7.05 Å². The van der Waals surface area contributed by atoms with E-state index < -0.39 is 0 Å². The third-order valence-corrected chi connectivity index (χ3v) is 3.42. The van der Waals surface area contributed by atoms with Gasteiger partial charge in [-0.25, -0.2) is 0 Å². The number of ether oxygens (including phenoxy) is 1. The van der Waals surface area contributed by atoms with E-state index >= 15 is 0 Å². The predicted molar refractivity (Wildman–Crippen MR) is 72.3 cm³/mol. The molecule has 0 atom stereocenters. The van der Waals surface area contributed by atoms with Crippen molar-refractivity contribution in [1.29, 1.82) is 0 Å². The molecule has 0 spiro atoms. The average molecular weight is 330 g/mol. The van der Waals surface area contributed by atoms with Crippen molar-refractivity contribution in [3.63, 3.8) is 0 Å². The molecule has 18 heavy (non-hydrogen) atoms. The molecule has 0 radical (unpaired) electrons. The van der Waals surface area contributed by atoms with Crippen LogP contribution in [0.15, 0.2) is 28.9 Å². The van der Waals surface area contributed by atoms with Gasteiger partial charge >= 0.3 is 0 Å². The Morgan fingerprint density at radius 3 is 2.72 bits per heavy atom. The summed E-state index contributed by atoms with van der Waals surface area (Å²) in [5, 5.41) is 4.29. The molecule has 6 heteroatoms. The standard InChI is InChI=1S/C12H10BrClN2O2/c1-16-11(9(14)6-15-16)12(17)7-3-4-10(18-2)8(13)5-7/h3-6H,1-2H3. The minimum atomic E-state index is -0.177. The molecule has 2 aromatic rings. The van der Waals surface area contributed by atoms with Gasteiger partial charge in [0.05, 0.1) is 22.8 Å². The normalized spacial score (nSPS) is 10.4. The molecule has 0 saturated heterocycles. The van der Waals surface area contributed by atoms with Gasteiger partial charge in [-0.1, -0.05) is 11.6 Å². The first-order valence-corrected chi connectivity index (χ1v) is 6.27. The average Bonchev–Trinajstić information content (AvgIpc) is 2.68. The highest BCUT2D eigenvalue weighted by molar-refractivity contribution is 9.10. The van der Waals surface area contributed by atoms with Crippen LogP contribution in [0, 0.1) is 0 Å². The molecule has 4 nitrogen and oxygen atoms in total. The molecule has 1 aromatic carbocycles. The zero-order valence-electron chi connectivity index (χ0n) is 9.78. The Morgan fingerprint density at radius 2 is 2.22 bits per heavy atom. The van der Waals surface area contributed by atoms with Gasteiger partial charge in [-0.15, -0.1) is 0 Å². The summed E-state index contributed by atoms with van der Waals surface area (Å²) in [6.45, 7) is 0. The minimum Gasteiger partial charge on any atom is -0.496 e. The molecule has 1 heterocycles. The molecule has 2 rings (SSSR count). The largest absolute Gasteiger partial charge is 0.496 e. The lowest BCUT2D eigenvalue weighted by atomic mass is 10.1. The van der Waals surface area contributed by atoms with Crippen LogP contribution < -0.4 is 4.74 Å². The maximum absolute atomic E-state index is 12.3. The lowest BCUT2D eigenvalue weighted by Crippen LogP contribution is -2.09. The number of rotatable bonds is 3. The predicted octanol–water partition coefficient (Wildman–Crippen LogP) is 3.08. The van der Waals surface area contributed by atoms with E-state index in [4.69, 9.17) is 16.3 Å².